The van der Waals surface area contributed by atoms with Crippen molar-refractivity contribution in [2.24, 2.45) is 0 Å². The molecule has 0 amide bonds. The molecule has 0 aliphatic rings. The van der Waals surface area contributed by atoms with Gasteiger partial charge in [-0.1, -0.05) is 48.5 Å². The SMILES string of the molecule is Cc1nc(C)nc(-c2ccc3c4ccc(-c5nc(C)nc(C)n5)cc4n(-c4cc(C#N)c(-c5nc(C)nc(C)n5)cc4-n4c5cc(-c6nc(C)nc(C)n6)ccc5c5ccc(-c6nc(C)nc(C)n6)cc54)c3c2)n1. The van der Waals surface area contributed by atoms with E-state index in [1.165, 1.54) is 0 Å². The quantitative estimate of drug-likeness (QED) is 0.145. The zero-order valence-electron chi connectivity index (χ0n) is 42.1. The summed E-state index contributed by atoms with van der Waals surface area (Å²) in [6.07, 6.45) is 0. The minimum atomic E-state index is 0.345. The summed E-state index contributed by atoms with van der Waals surface area (Å²) < 4.78 is 4.43. The standard InChI is InChI=1S/C56H44N18/c1-26-58-27(2)64-52(63-26)36-11-15-41-42-16-12-37(53-65-28(3)59-29(4)66-53)20-47(42)73(46(41)19-36)50-23-40(25-57)45(56-71-34(9)62-35(10)72-56)24-51(50)74-48-21-38(54-67-30(5)60-31(6)68-54)13-17-43(48)44-18-14-39(22-49(44)74)55-69-32(7)61-33(8)70-55/h11-24H,1-10H3. The first-order chi connectivity index (χ1) is 35.6. The first-order valence-corrected chi connectivity index (χ1v) is 23.9. The summed E-state index contributed by atoms with van der Waals surface area (Å²) in [5.41, 5.74) is 8.69. The summed E-state index contributed by atoms with van der Waals surface area (Å²) in [5, 5.41) is 15.1. The third kappa shape index (κ3) is 7.87. The van der Waals surface area contributed by atoms with E-state index in [2.05, 4.69) is 88.7 Å². The van der Waals surface area contributed by atoms with Crippen molar-refractivity contribution in [2.75, 3.05) is 0 Å². The first kappa shape index (κ1) is 45.4. The molecule has 358 valence electrons. The molecule has 0 atom stereocenters. The maximum absolute atomic E-state index is 11.3. The van der Waals surface area contributed by atoms with Crippen LogP contribution in [-0.4, -0.2) is 83.9 Å². The summed E-state index contributed by atoms with van der Waals surface area (Å²) in [5.74, 6) is 8.43. The molecule has 0 saturated heterocycles. The van der Waals surface area contributed by atoms with Crippen LogP contribution in [0.1, 0.15) is 63.8 Å². The van der Waals surface area contributed by atoms with Crippen LogP contribution in [0.4, 0.5) is 0 Å². The highest BCUT2D eigenvalue weighted by Gasteiger charge is 2.26. The summed E-state index contributed by atoms with van der Waals surface area (Å²) in [6.45, 7) is 18.6. The van der Waals surface area contributed by atoms with Crippen LogP contribution in [0, 0.1) is 80.6 Å². The molecule has 5 aromatic carbocycles. The highest BCUT2D eigenvalue weighted by molar-refractivity contribution is 6.13. The van der Waals surface area contributed by atoms with Crippen LogP contribution in [0.2, 0.25) is 0 Å². The van der Waals surface area contributed by atoms with E-state index in [0.717, 1.165) is 65.9 Å². The van der Waals surface area contributed by atoms with Crippen LogP contribution in [0.15, 0.2) is 84.9 Å². The van der Waals surface area contributed by atoms with Gasteiger partial charge in [-0.3, -0.25) is 0 Å². The fourth-order valence-corrected chi connectivity index (χ4v) is 10.0. The molecule has 12 aromatic rings. The number of nitrogens with zero attached hydrogens (tertiary/aromatic N) is 18. The number of aromatic nitrogens is 17. The maximum atomic E-state index is 11.3. The highest BCUT2D eigenvalue weighted by atomic mass is 15.1. The lowest BCUT2D eigenvalue weighted by atomic mass is 10.0. The van der Waals surface area contributed by atoms with E-state index < -0.39 is 0 Å². The van der Waals surface area contributed by atoms with E-state index >= 15 is 0 Å². The Morgan fingerprint density at radius 3 is 0.797 bits per heavy atom. The summed E-state index contributed by atoms with van der Waals surface area (Å²) in [6, 6.07) is 31.5. The monoisotopic (exact) mass is 968 g/mol. The van der Waals surface area contributed by atoms with Gasteiger partial charge in [0.25, 0.3) is 0 Å². The van der Waals surface area contributed by atoms with Gasteiger partial charge in [0, 0.05) is 49.4 Å². The Balaban J connectivity index is 1.27. The molecule has 0 radical (unpaired) electrons. The molecule has 74 heavy (non-hydrogen) atoms. The van der Waals surface area contributed by atoms with Crippen molar-refractivity contribution in [3.63, 3.8) is 0 Å². The van der Waals surface area contributed by atoms with Gasteiger partial charge in [-0.05, 0) is 106 Å². The molecule has 0 aliphatic heterocycles. The average Bonchev–Trinajstić information content (AvgIpc) is 3.85. The number of hydrogen-bond acceptors (Lipinski definition) is 16. The van der Waals surface area contributed by atoms with Gasteiger partial charge >= 0.3 is 0 Å². The third-order valence-electron chi connectivity index (χ3n) is 12.8. The van der Waals surface area contributed by atoms with Crippen LogP contribution in [0.3, 0.4) is 0 Å². The number of fused-ring (bicyclic) bond motifs is 6. The molecule has 0 unspecified atom stereocenters. The molecular weight excluding hydrogens is 925 g/mol. The number of rotatable bonds is 7. The topological polar surface area (TPSA) is 227 Å². The van der Waals surface area contributed by atoms with Gasteiger partial charge in [0.2, 0.25) is 0 Å². The number of nitriles is 1. The fourth-order valence-electron chi connectivity index (χ4n) is 10.0. The predicted octanol–water partition coefficient (Wildman–Crippen LogP) is 10.1. The molecule has 0 spiro atoms. The molecule has 0 saturated carbocycles. The van der Waals surface area contributed by atoms with Gasteiger partial charge in [0.15, 0.2) is 29.1 Å². The largest absolute Gasteiger partial charge is 0.307 e. The van der Waals surface area contributed by atoms with Crippen molar-refractivity contribution in [3.05, 3.63) is 149 Å². The minimum Gasteiger partial charge on any atom is -0.307 e. The Hall–Kier alpha value is -9.76. The van der Waals surface area contributed by atoms with E-state index in [4.69, 9.17) is 49.8 Å². The molecule has 18 nitrogen and oxygen atoms in total. The average molecular weight is 969 g/mol. The molecular formula is C56H44N18. The van der Waals surface area contributed by atoms with Crippen molar-refractivity contribution in [1.82, 2.24) is 83.9 Å². The normalized spacial score (nSPS) is 11.6. The van der Waals surface area contributed by atoms with Crippen molar-refractivity contribution in [3.8, 4) is 74.4 Å². The van der Waals surface area contributed by atoms with Gasteiger partial charge < -0.3 is 9.13 Å². The highest BCUT2D eigenvalue weighted by Crippen LogP contribution is 2.43. The second-order valence-corrected chi connectivity index (χ2v) is 18.4. The Morgan fingerprint density at radius 1 is 0.297 bits per heavy atom. The van der Waals surface area contributed by atoms with Crippen molar-refractivity contribution in [2.45, 2.75) is 69.2 Å². The number of hydrogen-bond donors (Lipinski definition) is 0. The Morgan fingerprint density at radius 2 is 0.541 bits per heavy atom. The third-order valence-corrected chi connectivity index (χ3v) is 12.8. The van der Waals surface area contributed by atoms with Crippen LogP contribution in [0.25, 0.3) is 112 Å². The van der Waals surface area contributed by atoms with Crippen LogP contribution < -0.4 is 0 Å². The zero-order valence-corrected chi connectivity index (χ0v) is 42.1. The van der Waals surface area contributed by atoms with Gasteiger partial charge in [0.05, 0.1) is 45.1 Å². The lowest BCUT2D eigenvalue weighted by molar-refractivity contribution is 0.926. The Labute approximate surface area is 423 Å². The minimum absolute atomic E-state index is 0.345. The predicted molar refractivity (Wildman–Crippen MR) is 281 cm³/mol. The second kappa shape index (κ2) is 17.2. The number of aryl methyl sites for hydroxylation is 10. The Bertz CT molecular complexity index is 4090. The van der Waals surface area contributed by atoms with Gasteiger partial charge in [-0.2, -0.15) is 5.26 Å². The summed E-state index contributed by atoms with van der Waals surface area (Å²) >= 11 is 0. The summed E-state index contributed by atoms with van der Waals surface area (Å²) in [4.78, 5) is 70.5. The lowest BCUT2D eigenvalue weighted by Gasteiger charge is -2.20. The van der Waals surface area contributed by atoms with Gasteiger partial charge in [-0.15, -0.1) is 0 Å². The van der Waals surface area contributed by atoms with Crippen LogP contribution in [0.5, 0.6) is 0 Å². The summed E-state index contributed by atoms with van der Waals surface area (Å²) in [7, 11) is 0. The van der Waals surface area contributed by atoms with Crippen molar-refractivity contribution in [1.29, 1.82) is 5.26 Å². The molecule has 0 aliphatic carbocycles. The molecule has 0 bridgehead atoms. The molecule has 7 aromatic heterocycles. The lowest BCUT2D eigenvalue weighted by Crippen LogP contribution is -2.07. The van der Waals surface area contributed by atoms with Gasteiger partial charge in [-0.25, -0.2) is 74.8 Å². The van der Waals surface area contributed by atoms with E-state index in [-0.39, 0.29) is 0 Å². The molecule has 7 heterocycles. The van der Waals surface area contributed by atoms with E-state index in [1.54, 1.807) is 0 Å². The van der Waals surface area contributed by atoms with Crippen LogP contribution >= 0.6 is 0 Å². The zero-order chi connectivity index (χ0) is 51.3. The van der Waals surface area contributed by atoms with E-state index in [1.807, 2.05) is 106 Å². The molecule has 0 fully saturated rings. The maximum Gasteiger partial charge on any atom is 0.164 e. The Kier molecular flexibility index (Phi) is 10.6. The molecule has 0 N–H and O–H groups in total. The molecule has 18 heteroatoms. The van der Waals surface area contributed by atoms with Crippen molar-refractivity contribution >= 4 is 43.6 Å². The first-order valence-electron chi connectivity index (χ1n) is 23.9. The smallest absolute Gasteiger partial charge is 0.164 e. The second-order valence-electron chi connectivity index (χ2n) is 18.4. The van der Waals surface area contributed by atoms with E-state index in [0.29, 0.717) is 110 Å². The van der Waals surface area contributed by atoms with E-state index in [9.17, 15) is 5.26 Å². The number of benzene rings is 5. The van der Waals surface area contributed by atoms with Gasteiger partial charge in [0.1, 0.15) is 58.2 Å². The molecule has 12 rings (SSSR count). The fraction of sp³-hybridized carbons (Fsp3) is 0.179. The van der Waals surface area contributed by atoms with Crippen molar-refractivity contribution < 1.29 is 0 Å². The van der Waals surface area contributed by atoms with Crippen LogP contribution in [-0.2, 0) is 0 Å².